The molecule has 5 nitrogen and oxygen atoms in total. The fourth-order valence-corrected chi connectivity index (χ4v) is 4.67. The topological polar surface area (TPSA) is 70.2 Å². The summed E-state index contributed by atoms with van der Waals surface area (Å²) in [5.74, 6) is -2.12. The molecule has 3 heterocycles. The molecule has 4 rings (SSSR count). The highest BCUT2D eigenvalue weighted by molar-refractivity contribution is 7.17. The van der Waals surface area contributed by atoms with Crippen molar-refractivity contribution in [1.82, 2.24) is 10.6 Å². The molecule has 2 aliphatic rings. The summed E-state index contributed by atoms with van der Waals surface area (Å²) in [6.45, 7) is 0. The number of hydrogen-bond donors (Lipinski definition) is 3. The number of halogens is 3. The Bertz CT molecular complexity index is 895. The number of alkyl halides is 3. The van der Waals surface area contributed by atoms with E-state index < -0.39 is 12.1 Å². The van der Waals surface area contributed by atoms with Gasteiger partial charge in [0.05, 0.1) is 4.88 Å². The molecule has 3 unspecified atom stereocenters. The summed E-state index contributed by atoms with van der Waals surface area (Å²) in [5.41, 5.74) is 0.819. The fraction of sp³-hybridized carbons (Fsp3) is 0.368. The highest BCUT2D eigenvalue weighted by Crippen LogP contribution is 2.31. The number of benzene rings is 1. The average molecular weight is 409 g/mol. The maximum absolute atomic E-state index is 12.5. The number of carbonyl (C=O) groups excluding carboxylic acids is 2. The number of carbonyl (C=O) groups is 2. The van der Waals surface area contributed by atoms with Gasteiger partial charge in [-0.25, -0.2) is 0 Å². The van der Waals surface area contributed by atoms with Gasteiger partial charge in [-0.15, -0.1) is 11.3 Å². The Balaban J connectivity index is 1.39. The van der Waals surface area contributed by atoms with Gasteiger partial charge in [0.1, 0.15) is 0 Å². The van der Waals surface area contributed by atoms with Crippen LogP contribution in [0.2, 0.25) is 0 Å². The Kier molecular flexibility index (Phi) is 4.88. The molecule has 1 aromatic heterocycles. The lowest BCUT2D eigenvalue weighted by molar-refractivity contribution is -0.167. The van der Waals surface area contributed by atoms with Crippen molar-refractivity contribution < 1.29 is 22.8 Å². The van der Waals surface area contributed by atoms with Crippen LogP contribution in [0, 0.1) is 0 Å². The van der Waals surface area contributed by atoms with E-state index in [2.05, 4.69) is 10.6 Å². The Morgan fingerprint density at radius 1 is 1.07 bits per heavy atom. The molecule has 0 radical (unpaired) electrons. The zero-order chi connectivity index (χ0) is 19.9. The first-order valence-electron chi connectivity index (χ1n) is 8.95. The van der Waals surface area contributed by atoms with Crippen molar-refractivity contribution in [3.8, 4) is 10.4 Å². The third-order valence-corrected chi connectivity index (χ3v) is 6.26. The van der Waals surface area contributed by atoms with Crippen molar-refractivity contribution in [2.45, 2.75) is 43.6 Å². The first-order chi connectivity index (χ1) is 13.3. The van der Waals surface area contributed by atoms with Crippen LogP contribution in [-0.2, 0) is 4.79 Å². The van der Waals surface area contributed by atoms with Crippen molar-refractivity contribution in [2.24, 2.45) is 0 Å². The summed E-state index contributed by atoms with van der Waals surface area (Å²) in [6, 6.07) is 10.6. The summed E-state index contributed by atoms with van der Waals surface area (Å²) in [5, 5.41) is 8.38. The highest BCUT2D eigenvalue weighted by atomic mass is 32.1. The van der Waals surface area contributed by atoms with E-state index >= 15 is 0 Å². The van der Waals surface area contributed by atoms with Gasteiger partial charge in [-0.2, -0.15) is 13.2 Å². The molecule has 0 aliphatic carbocycles. The summed E-state index contributed by atoms with van der Waals surface area (Å²) in [7, 11) is 0. The minimum Gasteiger partial charge on any atom is -0.347 e. The smallest absolute Gasteiger partial charge is 0.347 e. The van der Waals surface area contributed by atoms with E-state index in [1.54, 1.807) is 23.5 Å². The van der Waals surface area contributed by atoms with Crippen LogP contribution >= 0.6 is 11.3 Å². The molecule has 9 heteroatoms. The van der Waals surface area contributed by atoms with Gasteiger partial charge >= 0.3 is 12.1 Å². The lowest BCUT2D eigenvalue weighted by Gasteiger charge is -2.20. The Hall–Kier alpha value is -2.39. The van der Waals surface area contributed by atoms with Gasteiger partial charge < -0.3 is 16.0 Å². The molecule has 2 bridgehead atoms. The second-order valence-electron chi connectivity index (χ2n) is 7.06. The average Bonchev–Trinajstić information content (AvgIpc) is 3.38. The molecule has 2 amide bonds. The van der Waals surface area contributed by atoms with Gasteiger partial charge in [0.25, 0.3) is 5.91 Å². The number of rotatable bonds is 4. The van der Waals surface area contributed by atoms with Gasteiger partial charge in [-0.3, -0.25) is 9.59 Å². The zero-order valence-corrected chi connectivity index (χ0v) is 15.5. The number of fused-ring (bicyclic) bond motifs is 2. The molecule has 2 aromatic rings. The van der Waals surface area contributed by atoms with E-state index in [9.17, 15) is 22.8 Å². The first-order valence-corrected chi connectivity index (χ1v) is 9.76. The van der Waals surface area contributed by atoms with Crippen molar-refractivity contribution in [3.63, 3.8) is 0 Å². The van der Waals surface area contributed by atoms with Crippen molar-refractivity contribution in [3.05, 3.63) is 41.3 Å². The van der Waals surface area contributed by atoms with Crippen LogP contribution in [0.5, 0.6) is 0 Å². The van der Waals surface area contributed by atoms with Gasteiger partial charge in [0.2, 0.25) is 0 Å². The maximum Gasteiger partial charge on any atom is 0.471 e. The predicted molar refractivity (Wildman–Crippen MR) is 100 cm³/mol. The second kappa shape index (κ2) is 7.21. The predicted octanol–water partition coefficient (Wildman–Crippen LogP) is 3.54. The van der Waals surface area contributed by atoms with Crippen molar-refractivity contribution in [1.29, 1.82) is 0 Å². The number of nitrogens with one attached hydrogen (secondary N) is 3. The van der Waals surface area contributed by atoms with E-state index in [1.807, 2.05) is 6.07 Å². The molecule has 148 valence electrons. The standard InChI is InChI=1S/C19H18F3N3O2S/c20-19(21,22)18(27)24-11-3-1-10(2-4-11)15-7-8-16(28-15)17(26)25-14-9-12-5-6-13(14)23-12/h1-4,7-8,12-14,23H,5-6,9H2,(H,24,27)(H,25,26). The molecule has 2 aliphatic heterocycles. The highest BCUT2D eigenvalue weighted by Gasteiger charge is 2.40. The lowest BCUT2D eigenvalue weighted by atomic mass is 9.95. The SMILES string of the molecule is O=C(NC1CC2CCC1N2)c1ccc(-c2ccc(NC(=O)C(F)(F)F)cc2)s1. The normalized spacial score (nSPS) is 23.6. The molecule has 28 heavy (non-hydrogen) atoms. The number of hydrogen-bond acceptors (Lipinski definition) is 4. The van der Waals surface area contributed by atoms with Gasteiger partial charge in [0, 0.05) is 28.7 Å². The molecule has 1 aromatic carbocycles. The first kappa shape index (κ1) is 18.9. The van der Waals surface area contributed by atoms with E-state index in [0.29, 0.717) is 17.0 Å². The Morgan fingerprint density at radius 3 is 2.43 bits per heavy atom. The van der Waals surface area contributed by atoms with Crippen LogP contribution < -0.4 is 16.0 Å². The molecule has 0 saturated carbocycles. The third kappa shape index (κ3) is 3.90. The van der Waals surface area contributed by atoms with Crippen molar-refractivity contribution >= 4 is 28.8 Å². The fourth-order valence-electron chi connectivity index (χ4n) is 3.76. The van der Waals surface area contributed by atoms with E-state index in [-0.39, 0.29) is 17.6 Å². The molecule has 2 fully saturated rings. The van der Waals surface area contributed by atoms with E-state index in [1.165, 1.54) is 29.9 Å². The summed E-state index contributed by atoms with van der Waals surface area (Å²) >= 11 is 1.32. The van der Waals surface area contributed by atoms with Crippen LogP contribution in [0.1, 0.15) is 28.9 Å². The number of thiophene rings is 1. The van der Waals surface area contributed by atoms with E-state index in [0.717, 1.165) is 23.3 Å². The number of amides is 2. The molecule has 2 saturated heterocycles. The van der Waals surface area contributed by atoms with Crippen LogP contribution in [0.3, 0.4) is 0 Å². The van der Waals surface area contributed by atoms with Crippen LogP contribution in [-0.4, -0.2) is 36.1 Å². The van der Waals surface area contributed by atoms with Gasteiger partial charge in [-0.1, -0.05) is 12.1 Å². The van der Waals surface area contributed by atoms with Crippen LogP contribution in [0.25, 0.3) is 10.4 Å². The molecule has 3 N–H and O–H groups in total. The Morgan fingerprint density at radius 2 is 1.82 bits per heavy atom. The summed E-state index contributed by atoms with van der Waals surface area (Å²) in [6.07, 6.45) is -1.72. The second-order valence-corrected chi connectivity index (χ2v) is 8.14. The van der Waals surface area contributed by atoms with Gasteiger partial charge in [-0.05, 0) is 49.1 Å². The molecular formula is C19H18F3N3O2S. The van der Waals surface area contributed by atoms with Gasteiger partial charge in [0.15, 0.2) is 0 Å². The molecule has 3 atom stereocenters. The number of anilines is 1. The summed E-state index contributed by atoms with van der Waals surface area (Å²) in [4.78, 5) is 24.9. The van der Waals surface area contributed by atoms with Crippen LogP contribution in [0.15, 0.2) is 36.4 Å². The third-order valence-electron chi connectivity index (χ3n) is 5.13. The maximum atomic E-state index is 12.5. The molecular weight excluding hydrogens is 391 g/mol. The Labute approximate surface area is 163 Å². The lowest BCUT2D eigenvalue weighted by Crippen LogP contribution is -2.42. The molecule has 0 spiro atoms. The minimum atomic E-state index is -4.93. The minimum absolute atomic E-state index is 0.0596. The van der Waals surface area contributed by atoms with Crippen LogP contribution in [0.4, 0.5) is 18.9 Å². The van der Waals surface area contributed by atoms with E-state index in [4.69, 9.17) is 0 Å². The largest absolute Gasteiger partial charge is 0.471 e. The van der Waals surface area contributed by atoms with Crippen molar-refractivity contribution in [2.75, 3.05) is 5.32 Å². The summed E-state index contributed by atoms with van der Waals surface area (Å²) < 4.78 is 36.9. The monoisotopic (exact) mass is 409 g/mol. The quantitative estimate of drug-likeness (QED) is 0.724. The zero-order valence-electron chi connectivity index (χ0n) is 14.7.